The van der Waals surface area contributed by atoms with Gasteiger partial charge in [-0.3, -0.25) is 0 Å². The van der Waals surface area contributed by atoms with E-state index < -0.39 is 10.0 Å². The third-order valence-corrected chi connectivity index (χ3v) is 6.40. The molecule has 1 aliphatic carbocycles. The van der Waals surface area contributed by atoms with E-state index in [9.17, 15) is 8.42 Å². The molecule has 0 heterocycles. The number of rotatable bonds is 5. The van der Waals surface area contributed by atoms with E-state index >= 15 is 0 Å². The molecule has 19 heavy (non-hydrogen) atoms. The maximum atomic E-state index is 12.8. The van der Waals surface area contributed by atoms with Crippen LogP contribution in [0.1, 0.15) is 32.3 Å². The third kappa shape index (κ3) is 3.38. The standard InChI is InChI=1S/C14H20BrNO2S/c1-10(2)16(9-12-5-6-12)19(17,18)14-7-4-11(3)8-13(14)15/h4,7-8,10,12H,5-6,9H2,1-3H3. The van der Waals surface area contributed by atoms with Gasteiger partial charge in [0.2, 0.25) is 10.0 Å². The molecule has 0 N–H and O–H groups in total. The average Bonchev–Trinajstić information content (AvgIpc) is 3.08. The van der Waals surface area contributed by atoms with Crippen LogP contribution in [0, 0.1) is 12.8 Å². The van der Waals surface area contributed by atoms with Crippen molar-refractivity contribution in [3.63, 3.8) is 0 Å². The predicted molar refractivity (Wildman–Crippen MR) is 80.6 cm³/mol. The van der Waals surface area contributed by atoms with Gasteiger partial charge in [-0.15, -0.1) is 0 Å². The van der Waals surface area contributed by atoms with Crippen LogP contribution in [0.2, 0.25) is 0 Å². The lowest BCUT2D eigenvalue weighted by molar-refractivity contribution is 0.341. The molecule has 0 radical (unpaired) electrons. The van der Waals surface area contributed by atoms with Gasteiger partial charge in [-0.2, -0.15) is 4.31 Å². The Morgan fingerprint density at radius 1 is 1.37 bits per heavy atom. The van der Waals surface area contributed by atoms with Crippen LogP contribution in [0.15, 0.2) is 27.6 Å². The summed E-state index contributed by atoms with van der Waals surface area (Å²) in [4.78, 5) is 0.368. The molecule has 0 bridgehead atoms. The molecule has 0 spiro atoms. The van der Waals surface area contributed by atoms with E-state index in [4.69, 9.17) is 0 Å². The van der Waals surface area contributed by atoms with Gasteiger partial charge >= 0.3 is 0 Å². The van der Waals surface area contributed by atoms with E-state index in [1.807, 2.05) is 32.9 Å². The molecular weight excluding hydrogens is 326 g/mol. The van der Waals surface area contributed by atoms with Crippen LogP contribution in [0.25, 0.3) is 0 Å². The molecule has 5 heteroatoms. The van der Waals surface area contributed by atoms with E-state index in [0.29, 0.717) is 21.8 Å². The molecule has 0 atom stereocenters. The second kappa shape index (κ2) is 5.54. The minimum atomic E-state index is -3.42. The average molecular weight is 346 g/mol. The molecule has 1 aromatic rings. The molecule has 2 rings (SSSR count). The van der Waals surface area contributed by atoms with Crippen molar-refractivity contribution in [2.75, 3.05) is 6.54 Å². The Labute approximate surface area is 124 Å². The highest BCUT2D eigenvalue weighted by Crippen LogP contribution is 2.34. The lowest BCUT2D eigenvalue weighted by Gasteiger charge is -2.26. The molecule has 1 aliphatic rings. The van der Waals surface area contributed by atoms with Gasteiger partial charge in [-0.1, -0.05) is 6.07 Å². The normalized spacial score (nSPS) is 16.3. The van der Waals surface area contributed by atoms with E-state index in [1.54, 1.807) is 10.4 Å². The largest absolute Gasteiger partial charge is 0.244 e. The fourth-order valence-electron chi connectivity index (χ4n) is 2.08. The Kier molecular flexibility index (Phi) is 4.38. The maximum absolute atomic E-state index is 12.8. The van der Waals surface area contributed by atoms with Crippen molar-refractivity contribution in [1.29, 1.82) is 0 Å². The fourth-order valence-corrected chi connectivity index (χ4v) is 4.95. The number of nitrogens with zero attached hydrogens (tertiary/aromatic N) is 1. The second-order valence-corrected chi connectivity index (χ2v) is 8.26. The first kappa shape index (κ1) is 15.0. The van der Waals surface area contributed by atoms with Crippen LogP contribution in [0.4, 0.5) is 0 Å². The van der Waals surface area contributed by atoms with Gasteiger partial charge in [0.1, 0.15) is 0 Å². The molecule has 1 fully saturated rings. The summed E-state index contributed by atoms with van der Waals surface area (Å²) in [5.41, 5.74) is 1.05. The van der Waals surface area contributed by atoms with Crippen LogP contribution < -0.4 is 0 Å². The molecule has 0 unspecified atom stereocenters. The maximum Gasteiger partial charge on any atom is 0.244 e. The fraction of sp³-hybridized carbons (Fsp3) is 0.571. The molecule has 0 aromatic heterocycles. The summed E-state index contributed by atoms with van der Waals surface area (Å²) < 4.78 is 27.8. The molecule has 3 nitrogen and oxygen atoms in total. The molecular formula is C14H20BrNO2S. The number of hydrogen-bond acceptors (Lipinski definition) is 2. The first-order chi connectivity index (χ1) is 8.82. The molecule has 0 aliphatic heterocycles. The summed E-state index contributed by atoms with van der Waals surface area (Å²) in [6.07, 6.45) is 2.29. The predicted octanol–water partition coefficient (Wildman–Crippen LogP) is 3.57. The highest BCUT2D eigenvalue weighted by Gasteiger charge is 2.34. The Balaban J connectivity index is 2.37. The van der Waals surface area contributed by atoms with E-state index in [2.05, 4.69) is 15.9 Å². The van der Waals surface area contributed by atoms with Gasteiger partial charge in [-0.25, -0.2) is 8.42 Å². The van der Waals surface area contributed by atoms with Crippen molar-refractivity contribution in [3.8, 4) is 0 Å². The number of aryl methyl sites for hydroxylation is 1. The number of hydrogen-bond donors (Lipinski definition) is 0. The summed E-state index contributed by atoms with van der Waals surface area (Å²) in [7, 11) is -3.42. The van der Waals surface area contributed by atoms with Crippen LogP contribution in [0.5, 0.6) is 0 Å². The van der Waals surface area contributed by atoms with Crippen LogP contribution in [-0.2, 0) is 10.0 Å². The van der Waals surface area contributed by atoms with Crippen molar-refractivity contribution in [3.05, 3.63) is 28.2 Å². The Morgan fingerprint density at radius 2 is 2.00 bits per heavy atom. The summed E-state index contributed by atoms with van der Waals surface area (Å²) in [6, 6.07) is 5.37. The van der Waals surface area contributed by atoms with Crippen molar-refractivity contribution in [1.82, 2.24) is 4.31 Å². The van der Waals surface area contributed by atoms with Crippen LogP contribution in [0.3, 0.4) is 0 Å². The third-order valence-electron chi connectivity index (χ3n) is 3.39. The zero-order valence-electron chi connectivity index (χ0n) is 11.6. The SMILES string of the molecule is Cc1ccc(S(=O)(=O)N(CC2CC2)C(C)C)c(Br)c1. The lowest BCUT2D eigenvalue weighted by Crippen LogP contribution is -2.38. The Bertz CT molecular complexity index is 565. The molecule has 1 aromatic carbocycles. The minimum Gasteiger partial charge on any atom is -0.207 e. The molecule has 0 amide bonds. The number of sulfonamides is 1. The molecule has 1 saturated carbocycles. The Hall–Kier alpha value is -0.390. The van der Waals surface area contributed by atoms with Gasteiger partial charge in [0.25, 0.3) is 0 Å². The van der Waals surface area contributed by atoms with Gasteiger partial charge < -0.3 is 0 Å². The van der Waals surface area contributed by atoms with E-state index in [0.717, 1.165) is 18.4 Å². The molecule has 0 saturated heterocycles. The number of benzene rings is 1. The zero-order chi connectivity index (χ0) is 14.2. The van der Waals surface area contributed by atoms with Gasteiger partial charge in [0, 0.05) is 17.1 Å². The van der Waals surface area contributed by atoms with E-state index in [1.165, 1.54) is 0 Å². The Morgan fingerprint density at radius 3 is 2.47 bits per heavy atom. The highest BCUT2D eigenvalue weighted by atomic mass is 79.9. The topological polar surface area (TPSA) is 37.4 Å². The zero-order valence-corrected chi connectivity index (χ0v) is 14.0. The lowest BCUT2D eigenvalue weighted by atomic mass is 10.2. The summed E-state index contributed by atoms with van der Waals surface area (Å²) in [5, 5.41) is 0. The first-order valence-corrected chi connectivity index (χ1v) is 8.83. The van der Waals surface area contributed by atoms with Crippen LogP contribution in [-0.4, -0.2) is 25.3 Å². The summed E-state index contributed by atoms with van der Waals surface area (Å²) in [6.45, 7) is 6.45. The van der Waals surface area contributed by atoms with Crippen LogP contribution >= 0.6 is 15.9 Å². The van der Waals surface area contributed by atoms with E-state index in [-0.39, 0.29) is 6.04 Å². The van der Waals surface area contributed by atoms with Crippen molar-refractivity contribution >= 4 is 26.0 Å². The van der Waals surface area contributed by atoms with Gasteiger partial charge in [-0.05, 0) is 73.2 Å². The van der Waals surface area contributed by atoms with Gasteiger partial charge in [0.15, 0.2) is 0 Å². The van der Waals surface area contributed by atoms with Crippen molar-refractivity contribution in [2.45, 2.75) is 44.6 Å². The minimum absolute atomic E-state index is 0.0150. The van der Waals surface area contributed by atoms with Crippen molar-refractivity contribution < 1.29 is 8.42 Å². The smallest absolute Gasteiger partial charge is 0.207 e. The highest BCUT2D eigenvalue weighted by molar-refractivity contribution is 9.10. The number of halogens is 1. The quantitative estimate of drug-likeness (QED) is 0.817. The monoisotopic (exact) mass is 345 g/mol. The second-order valence-electron chi connectivity index (χ2n) is 5.55. The summed E-state index contributed by atoms with van der Waals surface area (Å²) >= 11 is 3.38. The molecule has 106 valence electrons. The van der Waals surface area contributed by atoms with Gasteiger partial charge in [0.05, 0.1) is 4.90 Å². The van der Waals surface area contributed by atoms with Crippen molar-refractivity contribution in [2.24, 2.45) is 5.92 Å². The summed E-state index contributed by atoms with van der Waals surface area (Å²) in [5.74, 6) is 0.543. The first-order valence-electron chi connectivity index (χ1n) is 6.60.